The second-order valence-electron chi connectivity index (χ2n) is 3.50. The van der Waals surface area contributed by atoms with E-state index >= 15 is 0 Å². The molecule has 0 aliphatic carbocycles. The van der Waals surface area contributed by atoms with Gasteiger partial charge in [-0.3, -0.25) is 0 Å². The molecular weight excluding hydrogens is 220 g/mol. The van der Waals surface area contributed by atoms with E-state index in [1.165, 1.54) is 4.90 Å². The summed E-state index contributed by atoms with van der Waals surface area (Å²) in [4.78, 5) is 7.88. The van der Waals surface area contributed by atoms with Gasteiger partial charge in [0, 0.05) is 24.7 Å². The lowest BCUT2D eigenvalue weighted by molar-refractivity contribution is 0.143. The summed E-state index contributed by atoms with van der Waals surface area (Å²) >= 11 is 1.83. The van der Waals surface area contributed by atoms with Gasteiger partial charge in [0.25, 0.3) is 0 Å². The number of benzene rings is 1. The number of nitrogens with two attached hydrogens (primary N) is 1. The Morgan fingerprint density at radius 1 is 1.38 bits per heavy atom. The third-order valence-corrected chi connectivity index (χ3v) is 3.06. The molecule has 0 atom stereocenters. The van der Waals surface area contributed by atoms with Gasteiger partial charge in [0.1, 0.15) is 0 Å². The summed E-state index contributed by atoms with van der Waals surface area (Å²) in [7, 11) is 3.81. The van der Waals surface area contributed by atoms with Crippen molar-refractivity contribution in [3.63, 3.8) is 0 Å². The molecule has 0 aliphatic rings. The van der Waals surface area contributed by atoms with Crippen LogP contribution >= 0.6 is 11.8 Å². The predicted octanol–water partition coefficient (Wildman–Crippen LogP) is 2.46. The van der Waals surface area contributed by atoms with Crippen molar-refractivity contribution >= 4 is 11.8 Å². The van der Waals surface area contributed by atoms with Crippen molar-refractivity contribution < 1.29 is 4.84 Å². The molecule has 0 unspecified atom stereocenters. The summed E-state index contributed by atoms with van der Waals surface area (Å²) in [5.74, 6) is 6.87. The fraction of sp³-hybridized carbons (Fsp3) is 0.333. The lowest BCUT2D eigenvalue weighted by Crippen LogP contribution is -2.16. The lowest BCUT2D eigenvalue weighted by atomic mass is 10.4. The first-order valence-corrected chi connectivity index (χ1v) is 6.14. The SMILES string of the molecule is CN(C)C(=CCCSc1ccccc1)ON. The first-order chi connectivity index (χ1) is 7.74. The molecule has 4 heteroatoms. The fourth-order valence-electron chi connectivity index (χ4n) is 1.21. The Balaban J connectivity index is 2.31. The van der Waals surface area contributed by atoms with Crippen molar-refractivity contribution in [2.75, 3.05) is 19.8 Å². The normalized spacial score (nSPS) is 11.3. The van der Waals surface area contributed by atoms with E-state index in [4.69, 9.17) is 10.7 Å². The molecule has 0 saturated heterocycles. The summed E-state index contributed by atoms with van der Waals surface area (Å²) in [5.41, 5.74) is 0. The van der Waals surface area contributed by atoms with Gasteiger partial charge >= 0.3 is 0 Å². The number of nitrogens with zero attached hydrogens (tertiary/aromatic N) is 1. The molecule has 3 nitrogen and oxygen atoms in total. The van der Waals surface area contributed by atoms with E-state index in [0.29, 0.717) is 5.88 Å². The van der Waals surface area contributed by atoms with E-state index in [1.54, 1.807) is 0 Å². The molecule has 1 aromatic rings. The molecule has 0 aliphatic heterocycles. The predicted molar refractivity (Wildman–Crippen MR) is 68.8 cm³/mol. The third kappa shape index (κ3) is 4.59. The molecule has 0 fully saturated rings. The summed E-state index contributed by atoms with van der Waals surface area (Å²) in [5, 5.41) is 0. The quantitative estimate of drug-likeness (QED) is 0.357. The molecule has 1 aromatic carbocycles. The highest BCUT2D eigenvalue weighted by Gasteiger charge is 1.98. The van der Waals surface area contributed by atoms with Crippen molar-refractivity contribution in [3.05, 3.63) is 42.3 Å². The molecule has 1 rings (SSSR count). The van der Waals surface area contributed by atoms with Gasteiger partial charge < -0.3 is 9.74 Å². The van der Waals surface area contributed by atoms with E-state index in [-0.39, 0.29) is 0 Å². The molecule has 0 bridgehead atoms. The van der Waals surface area contributed by atoms with Crippen LogP contribution < -0.4 is 5.90 Å². The molecule has 2 N–H and O–H groups in total. The molecule has 0 spiro atoms. The van der Waals surface area contributed by atoms with Crippen molar-refractivity contribution in [1.29, 1.82) is 0 Å². The number of rotatable bonds is 6. The maximum absolute atomic E-state index is 5.15. The minimum Gasteiger partial charge on any atom is -0.394 e. The number of allylic oxidation sites excluding steroid dienone is 1. The van der Waals surface area contributed by atoms with Crippen LogP contribution in [0.2, 0.25) is 0 Å². The van der Waals surface area contributed by atoms with Crippen LogP contribution in [0.1, 0.15) is 6.42 Å². The van der Waals surface area contributed by atoms with Crippen LogP contribution in [0.4, 0.5) is 0 Å². The first kappa shape index (κ1) is 12.9. The highest BCUT2D eigenvalue weighted by molar-refractivity contribution is 7.99. The van der Waals surface area contributed by atoms with Crippen molar-refractivity contribution in [3.8, 4) is 0 Å². The maximum Gasteiger partial charge on any atom is 0.209 e. The Morgan fingerprint density at radius 2 is 2.06 bits per heavy atom. The summed E-state index contributed by atoms with van der Waals surface area (Å²) in [6, 6.07) is 10.3. The van der Waals surface area contributed by atoms with Gasteiger partial charge in [-0.2, -0.15) is 5.90 Å². The van der Waals surface area contributed by atoms with E-state index in [2.05, 4.69) is 12.1 Å². The molecular formula is C12H18N2OS. The Labute approximate surface area is 101 Å². The first-order valence-electron chi connectivity index (χ1n) is 5.16. The molecule has 0 aromatic heterocycles. The zero-order valence-corrected chi connectivity index (χ0v) is 10.5. The summed E-state index contributed by atoms with van der Waals surface area (Å²) in [6.07, 6.45) is 2.93. The van der Waals surface area contributed by atoms with Crippen molar-refractivity contribution in [2.45, 2.75) is 11.3 Å². The lowest BCUT2D eigenvalue weighted by Gasteiger charge is -2.13. The molecule has 0 amide bonds. The largest absolute Gasteiger partial charge is 0.394 e. The van der Waals surface area contributed by atoms with Gasteiger partial charge in [0.2, 0.25) is 5.88 Å². The van der Waals surface area contributed by atoms with Gasteiger partial charge in [0.15, 0.2) is 0 Å². The van der Waals surface area contributed by atoms with Crippen molar-refractivity contribution in [1.82, 2.24) is 4.90 Å². The second kappa shape index (κ2) is 7.19. The van der Waals surface area contributed by atoms with Crippen LogP contribution in [0.5, 0.6) is 0 Å². The molecule has 0 saturated carbocycles. The number of thioether (sulfide) groups is 1. The molecule has 0 heterocycles. The average molecular weight is 238 g/mol. The van der Waals surface area contributed by atoms with Crippen molar-refractivity contribution in [2.24, 2.45) is 5.90 Å². The van der Waals surface area contributed by atoms with Gasteiger partial charge in [-0.1, -0.05) is 18.2 Å². The zero-order valence-electron chi connectivity index (χ0n) is 9.72. The molecule has 16 heavy (non-hydrogen) atoms. The third-order valence-electron chi connectivity index (χ3n) is 2.01. The summed E-state index contributed by atoms with van der Waals surface area (Å²) in [6.45, 7) is 0. The van der Waals surface area contributed by atoms with Crippen LogP contribution in [-0.4, -0.2) is 24.7 Å². The average Bonchev–Trinajstić information content (AvgIpc) is 2.30. The van der Waals surface area contributed by atoms with E-state index < -0.39 is 0 Å². The fourth-order valence-corrected chi connectivity index (χ4v) is 2.03. The smallest absolute Gasteiger partial charge is 0.209 e. The minimum atomic E-state index is 0.702. The highest BCUT2D eigenvalue weighted by Crippen LogP contribution is 2.18. The van der Waals surface area contributed by atoms with E-state index in [0.717, 1.165) is 12.2 Å². The Hall–Kier alpha value is -1.13. The van der Waals surface area contributed by atoms with E-state index in [9.17, 15) is 0 Å². The number of hydrogen-bond acceptors (Lipinski definition) is 4. The Kier molecular flexibility index (Phi) is 5.82. The zero-order chi connectivity index (χ0) is 11.8. The van der Waals surface area contributed by atoms with Gasteiger partial charge in [-0.05, 0) is 24.6 Å². The van der Waals surface area contributed by atoms with Crippen LogP contribution in [-0.2, 0) is 4.84 Å². The summed E-state index contributed by atoms with van der Waals surface area (Å²) < 4.78 is 0. The van der Waals surface area contributed by atoms with Crippen LogP contribution in [0.15, 0.2) is 47.2 Å². The molecule has 0 radical (unpaired) electrons. The van der Waals surface area contributed by atoms with Gasteiger partial charge in [0.05, 0.1) is 0 Å². The topological polar surface area (TPSA) is 38.5 Å². The maximum atomic E-state index is 5.15. The Bertz CT molecular complexity index is 325. The number of hydrogen-bond donors (Lipinski definition) is 1. The highest BCUT2D eigenvalue weighted by atomic mass is 32.2. The van der Waals surface area contributed by atoms with Crippen LogP contribution in [0, 0.1) is 0 Å². The van der Waals surface area contributed by atoms with Crippen LogP contribution in [0.3, 0.4) is 0 Å². The standard InChI is InChI=1S/C12H18N2OS/c1-14(2)12(15-13)9-6-10-16-11-7-4-3-5-8-11/h3-5,7-9H,6,10,13H2,1-2H3. The van der Waals surface area contributed by atoms with Gasteiger partial charge in [-0.15, -0.1) is 11.8 Å². The van der Waals surface area contributed by atoms with E-state index in [1.807, 2.05) is 55.0 Å². The Morgan fingerprint density at radius 3 is 2.62 bits per heavy atom. The minimum absolute atomic E-state index is 0.702. The van der Waals surface area contributed by atoms with Gasteiger partial charge in [-0.25, -0.2) is 0 Å². The monoisotopic (exact) mass is 238 g/mol. The molecule has 88 valence electrons. The second-order valence-corrected chi connectivity index (χ2v) is 4.67. The van der Waals surface area contributed by atoms with Crippen LogP contribution in [0.25, 0.3) is 0 Å².